The molecule has 2 aromatic heterocycles. The molecular weight excluding hydrogens is 434 g/mol. The van der Waals surface area contributed by atoms with E-state index in [1.54, 1.807) is 30.0 Å². The monoisotopic (exact) mass is 465 g/mol. The number of unbranched alkanes of at least 4 members (excludes halogenated alkanes) is 1. The molecular formula is C24H31N7O3. The first-order chi connectivity index (χ1) is 16.5. The fourth-order valence-corrected chi connectivity index (χ4v) is 4.08. The second-order valence-electron chi connectivity index (χ2n) is 8.30. The highest BCUT2D eigenvalue weighted by Crippen LogP contribution is 2.23. The van der Waals surface area contributed by atoms with Gasteiger partial charge < -0.3 is 30.6 Å². The highest BCUT2D eigenvalue weighted by atomic mass is 16.5. The van der Waals surface area contributed by atoms with Crippen LogP contribution in [0.2, 0.25) is 0 Å². The Morgan fingerprint density at radius 1 is 1.24 bits per heavy atom. The smallest absolute Gasteiger partial charge is 0.264 e. The molecule has 0 saturated carbocycles. The summed E-state index contributed by atoms with van der Waals surface area (Å²) in [5, 5.41) is 6.87. The number of benzene rings is 1. The van der Waals surface area contributed by atoms with Crippen LogP contribution in [-0.2, 0) is 6.54 Å². The van der Waals surface area contributed by atoms with E-state index < -0.39 is 0 Å². The summed E-state index contributed by atoms with van der Waals surface area (Å²) >= 11 is 0. The summed E-state index contributed by atoms with van der Waals surface area (Å²) in [5.41, 5.74) is 7.49. The maximum Gasteiger partial charge on any atom is 0.264 e. The average Bonchev–Trinajstić information content (AvgIpc) is 2.85. The van der Waals surface area contributed by atoms with E-state index >= 15 is 0 Å². The molecule has 1 aromatic carbocycles. The predicted octanol–water partition coefficient (Wildman–Crippen LogP) is 1.69. The molecule has 10 nitrogen and oxygen atoms in total. The summed E-state index contributed by atoms with van der Waals surface area (Å²) < 4.78 is 7.13. The van der Waals surface area contributed by atoms with Gasteiger partial charge >= 0.3 is 0 Å². The number of pyridine rings is 1. The normalized spacial score (nSPS) is 13.8. The van der Waals surface area contributed by atoms with Crippen molar-refractivity contribution in [2.45, 2.75) is 26.3 Å². The number of rotatable bonds is 8. The zero-order valence-electron chi connectivity index (χ0n) is 19.6. The number of piperazine rings is 1. The Labute approximate surface area is 198 Å². The van der Waals surface area contributed by atoms with Crippen molar-refractivity contribution < 1.29 is 9.53 Å². The van der Waals surface area contributed by atoms with Crippen molar-refractivity contribution in [3.05, 3.63) is 51.9 Å². The van der Waals surface area contributed by atoms with Gasteiger partial charge in [-0.2, -0.15) is 4.98 Å². The van der Waals surface area contributed by atoms with Crippen LogP contribution in [0.5, 0.6) is 5.75 Å². The van der Waals surface area contributed by atoms with Crippen LogP contribution < -0.4 is 26.7 Å². The minimum atomic E-state index is -0.212. The minimum Gasteiger partial charge on any atom is -0.496 e. The van der Waals surface area contributed by atoms with Gasteiger partial charge in [0.15, 0.2) is 0 Å². The molecule has 0 aliphatic carbocycles. The van der Waals surface area contributed by atoms with Crippen LogP contribution in [0.15, 0.2) is 35.3 Å². The number of hydrogen-bond donors (Lipinski definition) is 3. The lowest BCUT2D eigenvalue weighted by atomic mass is 10.1. The van der Waals surface area contributed by atoms with Gasteiger partial charge in [0, 0.05) is 38.9 Å². The van der Waals surface area contributed by atoms with Crippen molar-refractivity contribution in [1.82, 2.24) is 24.8 Å². The molecule has 1 amide bonds. The lowest BCUT2D eigenvalue weighted by Crippen LogP contribution is -2.46. The summed E-state index contributed by atoms with van der Waals surface area (Å²) in [6.07, 6.45) is 3.66. The number of anilines is 2. The van der Waals surface area contributed by atoms with Gasteiger partial charge in [-0.1, -0.05) is 19.4 Å². The number of nitrogens with zero attached hydrogens (tertiary/aromatic N) is 4. The quantitative estimate of drug-likeness (QED) is 0.429. The topological polar surface area (TPSA) is 127 Å². The maximum absolute atomic E-state index is 13.3. The lowest BCUT2D eigenvalue weighted by Gasteiger charge is -2.28. The number of aromatic nitrogens is 3. The largest absolute Gasteiger partial charge is 0.496 e. The van der Waals surface area contributed by atoms with E-state index in [4.69, 9.17) is 10.5 Å². The van der Waals surface area contributed by atoms with Gasteiger partial charge in [-0.25, -0.2) is 4.98 Å². The first kappa shape index (κ1) is 23.5. The predicted molar refractivity (Wildman–Crippen MR) is 132 cm³/mol. The first-order valence-electron chi connectivity index (χ1n) is 11.6. The summed E-state index contributed by atoms with van der Waals surface area (Å²) in [6, 6.07) is 7.20. The standard InChI is InChI=1S/C24H31N7O3/c1-3-4-8-27-21-20-18(28-24(25)29-21)7-11-31(23(20)33)15-16-5-6-17(19(14-16)34-2)22(32)30-12-9-26-10-13-30/h5-7,11,14,26H,3-4,8-10,12-13,15H2,1-2H3,(H3,25,27,28,29). The number of carbonyl (C=O) groups is 1. The second kappa shape index (κ2) is 10.5. The Morgan fingerprint density at radius 2 is 2.03 bits per heavy atom. The van der Waals surface area contributed by atoms with Crippen LogP contribution in [-0.4, -0.2) is 65.2 Å². The number of nitrogens with one attached hydrogen (secondary N) is 2. The van der Waals surface area contributed by atoms with Crippen LogP contribution in [0.4, 0.5) is 11.8 Å². The van der Waals surface area contributed by atoms with Gasteiger partial charge in [-0.3, -0.25) is 9.59 Å². The lowest BCUT2D eigenvalue weighted by molar-refractivity contribution is 0.0732. The summed E-state index contributed by atoms with van der Waals surface area (Å²) in [4.78, 5) is 36.6. The van der Waals surface area contributed by atoms with Crippen LogP contribution in [0.25, 0.3) is 10.9 Å². The molecule has 1 saturated heterocycles. The number of nitrogen functional groups attached to an aromatic ring is 1. The van der Waals surface area contributed by atoms with E-state index in [9.17, 15) is 9.59 Å². The molecule has 0 bridgehead atoms. The van der Waals surface area contributed by atoms with Gasteiger partial charge in [0.1, 0.15) is 17.0 Å². The van der Waals surface area contributed by atoms with Crippen molar-refractivity contribution in [2.24, 2.45) is 0 Å². The van der Waals surface area contributed by atoms with E-state index in [2.05, 4.69) is 27.5 Å². The van der Waals surface area contributed by atoms with E-state index in [1.807, 2.05) is 17.0 Å². The SMILES string of the molecule is CCCCNc1nc(N)nc2ccn(Cc3ccc(C(=O)N4CCNCC4)c(OC)c3)c(=O)c12. The Bertz CT molecular complexity index is 1240. The molecule has 1 aliphatic rings. The second-order valence-corrected chi connectivity index (χ2v) is 8.30. The molecule has 3 aromatic rings. The Balaban J connectivity index is 1.63. The average molecular weight is 466 g/mol. The third-order valence-electron chi connectivity index (χ3n) is 5.92. The van der Waals surface area contributed by atoms with Crippen LogP contribution in [0, 0.1) is 0 Å². The van der Waals surface area contributed by atoms with Gasteiger partial charge in [-0.05, 0) is 30.2 Å². The van der Waals surface area contributed by atoms with E-state index in [0.717, 1.165) is 31.5 Å². The summed E-state index contributed by atoms with van der Waals surface area (Å²) in [5.74, 6) is 1.01. The zero-order chi connectivity index (χ0) is 24.1. The first-order valence-corrected chi connectivity index (χ1v) is 11.6. The fourth-order valence-electron chi connectivity index (χ4n) is 4.08. The van der Waals surface area contributed by atoms with Crippen molar-refractivity contribution >= 4 is 28.6 Å². The zero-order valence-corrected chi connectivity index (χ0v) is 19.6. The van der Waals surface area contributed by atoms with E-state index in [1.165, 1.54) is 0 Å². The van der Waals surface area contributed by atoms with E-state index in [-0.39, 0.29) is 17.4 Å². The molecule has 3 heterocycles. The number of nitrogens with two attached hydrogens (primary N) is 1. The van der Waals surface area contributed by atoms with Gasteiger partial charge in [0.2, 0.25) is 5.95 Å². The third-order valence-corrected chi connectivity index (χ3v) is 5.92. The molecule has 180 valence electrons. The van der Waals surface area contributed by atoms with Crippen molar-refractivity contribution in [1.29, 1.82) is 0 Å². The molecule has 34 heavy (non-hydrogen) atoms. The summed E-state index contributed by atoms with van der Waals surface area (Å²) in [6.45, 7) is 5.98. The van der Waals surface area contributed by atoms with Gasteiger partial charge in [-0.15, -0.1) is 0 Å². The molecule has 1 aliphatic heterocycles. The van der Waals surface area contributed by atoms with Gasteiger partial charge in [0.25, 0.3) is 11.5 Å². The molecule has 0 spiro atoms. The fraction of sp³-hybridized carbons (Fsp3) is 0.417. The molecule has 0 atom stereocenters. The Kier molecular flexibility index (Phi) is 7.27. The number of amides is 1. The highest BCUT2D eigenvalue weighted by Gasteiger charge is 2.21. The minimum absolute atomic E-state index is 0.0506. The van der Waals surface area contributed by atoms with Crippen molar-refractivity contribution in [3.8, 4) is 5.75 Å². The van der Waals surface area contributed by atoms with Gasteiger partial charge in [0.05, 0.1) is 24.7 Å². The van der Waals surface area contributed by atoms with Crippen LogP contribution in [0.3, 0.4) is 0 Å². The number of fused-ring (bicyclic) bond motifs is 1. The van der Waals surface area contributed by atoms with Crippen molar-refractivity contribution in [2.75, 3.05) is 50.9 Å². The maximum atomic E-state index is 13.3. The Morgan fingerprint density at radius 3 is 2.76 bits per heavy atom. The van der Waals surface area contributed by atoms with E-state index in [0.29, 0.717) is 54.2 Å². The van der Waals surface area contributed by atoms with Crippen LogP contribution in [0.1, 0.15) is 35.7 Å². The molecule has 4 rings (SSSR count). The third kappa shape index (κ3) is 4.96. The van der Waals surface area contributed by atoms with Crippen molar-refractivity contribution in [3.63, 3.8) is 0 Å². The number of carbonyl (C=O) groups excluding carboxylic acids is 1. The summed E-state index contributed by atoms with van der Waals surface area (Å²) in [7, 11) is 1.55. The van der Waals surface area contributed by atoms with Crippen LogP contribution >= 0.6 is 0 Å². The molecule has 1 fully saturated rings. The molecule has 0 radical (unpaired) electrons. The number of hydrogen-bond acceptors (Lipinski definition) is 8. The number of ether oxygens (including phenoxy) is 1. The molecule has 4 N–H and O–H groups in total. The molecule has 0 unspecified atom stereocenters. The Hall–Kier alpha value is -3.66. The molecule has 10 heteroatoms. The number of methoxy groups -OCH3 is 1. The highest BCUT2D eigenvalue weighted by molar-refractivity contribution is 5.97.